The Kier molecular flexibility index (Phi) is 2.05. The zero-order chi connectivity index (χ0) is 14.1. The lowest BCUT2D eigenvalue weighted by molar-refractivity contribution is 0.0525. The third-order valence-corrected chi connectivity index (χ3v) is 5.13. The SMILES string of the molecule is COc1cccc2c1[C@H]1[C@@H](C2=O)[C@H]2O[C@@H]1c1ccccc12. The monoisotopic (exact) mass is 278 g/mol. The number of fused-ring (bicyclic) bond motifs is 10. The summed E-state index contributed by atoms with van der Waals surface area (Å²) in [6, 6.07) is 14.0. The summed E-state index contributed by atoms with van der Waals surface area (Å²) in [5.74, 6) is 1.03. The molecule has 0 N–H and O–H groups in total. The molecule has 0 aromatic heterocycles. The van der Waals surface area contributed by atoms with Gasteiger partial charge in [-0.05, 0) is 17.2 Å². The molecule has 0 amide bonds. The fourth-order valence-electron chi connectivity index (χ4n) is 4.36. The van der Waals surface area contributed by atoms with Crippen molar-refractivity contribution in [1.82, 2.24) is 0 Å². The molecule has 0 saturated carbocycles. The van der Waals surface area contributed by atoms with Gasteiger partial charge in [-0.2, -0.15) is 0 Å². The summed E-state index contributed by atoms with van der Waals surface area (Å²) < 4.78 is 11.7. The van der Waals surface area contributed by atoms with E-state index in [4.69, 9.17) is 9.47 Å². The molecule has 2 bridgehead atoms. The predicted octanol–water partition coefficient (Wildman–Crippen LogP) is 3.42. The van der Waals surface area contributed by atoms with Crippen molar-refractivity contribution in [2.75, 3.05) is 7.11 Å². The lowest BCUT2D eigenvalue weighted by atomic mass is 9.76. The summed E-state index contributed by atoms with van der Waals surface area (Å²) in [5.41, 5.74) is 4.27. The average Bonchev–Trinajstić information content (AvgIpc) is 3.17. The van der Waals surface area contributed by atoms with Crippen LogP contribution in [0.25, 0.3) is 0 Å². The third kappa shape index (κ3) is 1.21. The molecule has 0 unspecified atom stereocenters. The van der Waals surface area contributed by atoms with E-state index in [1.807, 2.05) is 30.3 Å². The first-order valence-corrected chi connectivity index (χ1v) is 7.26. The third-order valence-electron chi connectivity index (χ3n) is 5.13. The van der Waals surface area contributed by atoms with Crippen LogP contribution in [0.3, 0.4) is 0 Å². The lowest BCUT2D eigenvalue weighted by Crippen LogP contribution is -2.20. The van der Waals surface area contributed by atoms with Crippen LogP contribution in [-0.4, -0.2) is 12.9 Å². The van der Waals surface area contributed by atoms with E-state index in [9.17, 15) is 4.79 Å². The second kappa shape index (κ2) is 3.74. The number of carbonyl (C=O) groups excluding carboxylic acids is 1. The van der Waals surface area contributed by atoms with Gasteiger partial charge in [0.15, 0.2) is 5.78 Å². The van der Waals surface area contributed by atoms with Crippen LogP contribution >= 0.6 is 0 Å². The van der Waals surface area contributed by atoms with Crippen LogP contribution in [0.15, 0.2) is 42.5 Å². The van der Waals surface area contributed by atoms with Crippen molar-refractivity contribution in [3.63, 3.8) is 0 Å². The van der Waals surface area contributed by atoms with E-state index in [2.05, 4.69) is 12.1 Å². The minimum absolute atomic E-state index is 0.0160. The van der Waals surface area contributed by atoms with Crippen LogP contribution < -0.4 is 4.74 Å². The molecular weight excluding hydrogens is 264 g/mol. The molecule has 2 aromatic carbocycles. The van der Waals surface area contributed by atoms with E-state index in [0.717, 1.165) is 16.9 Å². The van der Waals surface area contributed by atoms with E-state index in [-0.39, 0.29) is 29.8 Å². The second-order valence-corrected chi connectivity index (χ2v) is 5.94. The maximum absolute atomic E-state index is 12.8. The van der Waals surface area contributed by atoms with Gasteiger partial charge in [-0.3, -0.25) is 4.79 Å². The van der Waals surface area contributed by atoms with Gasteiger partial charge in [0.25, 0.3) is 0 Å². The first-order chi connectivity index (χ1) is 10.3. The molecule has 4 atom stereocenters. The molecule has 21 heavy (non-hydrogen) atoms. The summed E-state index contributed by atoms with van der Waals surface area (Å²) in [6.07, 6.45) is -0.112. The van der Waals surface area contributed by atoms with E-state index >= 15 is 0 Å². The van der Waals surface area contributed by atoms with Crippen molar-refractivity contribution < 1.29 is 14.3 Å². The first-order valence-electron chi connectivity index (χ1n) is 7.26. The Morgan fingerprint density at radius 3 is 2.38 bits per heavy atom. The summed E-state index contributed by atoms with van der Waals surface area (Å²) in [5, 5.41) is 0. The standard InChI is InChI=1S/C18H14O3/c1-20-12-8-4-7-11-13(12)14-15(16(11)19)18-10-6-3-2-5-9(10)17(14)21-18/h2-8,14-15,17-18H,1H3/t14-,15-,17+,18-/m0/s1. The Morgan fingerprint density at radius 1 is 0.952 bits per heavy atom. The minimum atomic E-state index is -0.0965. The molecule has 2 aromatic rings. The zero-order valence-electron chi connectivity index (χ0n) is 11.6. The Morgan fingerprint density at radius 2 is 1.67 bits per heavy atom. The Bertz CT molecular complexity index is 780. The second-order valence-electron chi connectivity index (χ2n) is 5.94. The van der Waals surface area contributed by atoms with E-state index in [1.54, 1.807) is 7.11 Å². The number of rotatable bonds is 1. The summed E-state index contributed by atoms with van der Waals surface area (Å²) in [6.45, 7) is 0. The fraction of sp³-hybridized carbons (Fsp3) is 0.278. The number of ketones is 1. The number of hydrogen-bond donors (Lipinski definition) is 0. The van der Waals surface area contributed by atoms with Crippen LogP contribution in [0.2, 0.25) is 0 Å². The van der Waals surface area contributed by atoms with Gasteiger partial charge in [0.05, 0.1) is 25.2 Å². The highest BCUT2D eigenvalue weighted by Crippen LogP contribution is 2.65. The van der Waals surface area contributed by atoms with Crippen molar-refractivity contribution in [1.29, 1.82) is 0 Å². The highest BCUT2D eigenvalue weighted by molar-refractivity contribution is 6.05. The molecule has 0 spiro atoms. The van der Waals surface area contributed by atoms with Gasteiger partial charge >= 0.3 is 0 Å². The number of carbonyl (C=O) groups is 1. The molecule has 1 saturated heterocycles. The number of ether oxygens (including phenoxy) is 2. The van der Waals surface area contributed by atoms with Crippen LogP contribution in [0.1, 0.15) is 45.2 Å². The molecule has 2 heterocycles. The molecule has 2 aliphatic heterocycles. The highest BCUT2D eigenvalue weighted by atomic mass is 16.5. The predicted molar refractivity (Wildman–Crippen MR) is 76.6 cm³/mol. The molecule has 0 radical (unpaired) electrons. The van der Waals surface area contributed by atoms with Gasteiger partial charge in [-0.1, -0.05) is 36.4 Å². The van der Waals surface area contributed by atoms with Gasteiger partial charge in [-0.25, -0.2) is 0 Å². The Balaban J connectivity index is 1.76. The quantitative estimate of drug-likeness (QED) is 0.802. The smallest absolute Gasteiger partial charge is 0.170 e. The topological polar surface area (TPSA) is 35.5 Å². The summed E-state index contributed by atoms with van der Waals surface area (Å²) in [7, 11) is 1.66. The van der Waals surface area contributed by atoms with Crippen LogP contribution in [0, 0.1) is 5.92 Å². The van der Waals surface area contributed by atoms with Crippen molar-refractivity contribution in [3.8, 4) is 5.75 Å². The number of methoxy groups -OCH3 is 1. The fourth-order valence-corrected chi connectivity index (χ4v) is 4.36. The van der Waals surface area contributed by atoms with Gasteiger partial charge in [-0.15, -0.1) is 0 Å². The van der Waals surface area contributed by atoms with E-state index in [1.165, 1.54) is 11.1 Å². The Labute approximate surface area is 122 Å². The normalized spacial score (nSPS) is 31.0. The van der Waals surface area contributed by atoms with E-state index < -0.39 is 0 Å². The van der Waals surface area contributed by atoms with Crippen molar-refractivity contribution >= 4 is 5.78 Å². The molecule has 3 nitrogen and oxygen atoms in total. The maximum Gasteiger partial charge on any atom is 0.170 e. The maximum atomic E-state index is 12.8. The lowest BCUT2D eigenvalue weighted by Gasteiger charge is -2.23. The van der Waals surface area contributed by atoms with Crippen molar-refractivity contribution in [3.05, 3.63) is 64.7 Å². The molecule has 5 rings (SSSR count). The highest BCUT2D eigenvalue weighted by Gasteiger charge is 2.60. The number of hydrogen-bond acceptors (Lipinski definition) is 3. The van der Waals surface area contributed by atoms with Gasteiger partial charge in [0, 0.05) is 17.0 Å². The van der Waals surface area contributed by atoms with Gasteiger partial charge < -0.3 is 9.47 Å². The zero-order valence-corrected chi connectivity index (χ0v) is 11.6. The first kappa shape index (κ1) is 11.5. The van der Waals surface area contributed by atoms with Gasteiger partial charge in [0.2, 0.25) is 0 Å². The molecule has 3 aliphatic rings. The molecule has 1 fully saturated rings. The van der Waals surface area contributed by atoms with Crippen molar-refractivity contribution in [2.45, 2.75) is 18.1 Å². The van der Waals surface area contributed by atoms with Crippen LogP contribution in [0.4, 0.5) is 0 Å². The van der Waals surface area contributed by atoms with Crippen LogP contribution in [0.5, 0.6) is 5.75 Å². The van der Waals surface area contributed by atoms with Crippen LogP contribution in [-0.2, 0) is 4.74 Å². The average molecular weight is 278 g/mol. The van der Waals surface area contributed by atoms with Gasteiger partial charge in [0.1, 0.15) is 5.75 Å². The largest absolute Gasteiger partial charge is 0.496 e. The number of benzene rings is 2. The molecule has 1 aliphatic carbocycles. The molecular formula is C18H14O3. The molecule has 104 valence electrons. The Hall–Kier alpha value is -2.13. The van der Waals surface area contributed by atoms with Crippen molar-refractivity contribution in [2.24, 2.45) is 5.92 Å². The molecule has 3 heteroatoms. The summed E-state index contributed by atoms with van der Waals surface area (Å²) in [4.78, 5) is 12.8. The number of Topliss-reactive ketones (excluding diaryl/α,β-unsaturated/α-hetero) is 1. The summed E-state index contributed by atoms with van der Waals surface area (Å²) >= 11 is 0. The van der Waals surface area contributed by atoms with E-state index in [0.29, 0.717) is 0 Å². The minimum Gasteiger partial charge on any atom is -0.496 e.